The van der Waals surface area contributed by atoms with E-state index in [2.05, 4.69) is 20.8 Å². The number of esters is 1. The predicted molar refractivity (Wildman–Crippen MR) is 235 cm³/mol. The van der Waals surface area contributed by atoms with Gasteiger partial charge in [0.2, 0.25) is 0 Å². The molecule has 0 aromatic heterocycles. The van der Waals surface area contributed by atoms with Crippen LogP contribution in [0.4, 0.5) is 0 Å². The van der Waals surface area contributed by atoms with Crippen LogP contribution >= 0.6 is 0 Å². The van der Waals surface area contributed by atoms with Crippen molar-refractivity contribution in [1.29, 1.82) is 0 Å². The Labute approximate surface area is 334 Å². The van der Waals surface area contributed by atoms with Crippen molar-refractivity contribution in [3.63, 3.8) is 0 Å². The zero-order chi connectivity index (χ0) is 38.6. The number of rotatable bonds is 46. The number of ether oxygens (including phenoxy) is 1. The molecule has 0 aromatic rings. The van der Waals surface area contributed by atoms with E-state index in [9.17, 15) is 9.59 Å². The Kier molecular flexibility index (Phi) is 44.8. The van der Waals surface area contributed by atoms with Gasteiger partial charge in [-0.3, -0.25) is 9.59 Å². The third kappa shape index (κ3) is 40.6. The van der Waals surface area contributed by atoms with Crippen molar-refractivity contribution in [2.24, 2.45) is 5.92 Å². The lowest BCUT2D eigenvalue weighted by atomic mass is 9.92. The standard InChI is InChI=1S/C50H98O3/c1-4-7-10-13-16-19-21-23-25-27-28-30-32-34-37-40-43-46-49(51)48(45-42-39-36-18-15-12-9-6-3)50(52)53-47-44-41-38-35-33-31-29-26-24-22-20-17-14-11-8-5-2/h48H,4-47H2,1-3H3. The summed E-state index contributed by atoms with van der Waals surface area (Å²) in [6.45, 7) is 7.33. The third-order valence-corrected chi connectivity index (χ3v) is 11.8. The Morgan fingerprint density at radius 3 is 0.868 bits per heavy atom. The first-order valence-electron chi connectivity index (χ1n) is 24.9. The highest BCUT2D eigenvalue weighted by Gasteiger charge is 2.27. The van der Waals surface area contributed by atoms with Gasteiger partial charge in [0, 0.05) is 6.42 Å². The molecule has 53 heavy (non-hydrogen) atoms. The Morgan fingerprint density at radius 1 is 0.321 bits per heavy atom. The van der Waals surface area contributed by atoms with E-state index in [-0.39, 0.29) is 11.8 Å². The number of hydrogen-bond acceptors (Lipinski definition) is 3. The van der Waals surface area contributed by atoms with Gasteiger partial charge < -0.3 is 4.74 Å². The number of carbonyl (C=O) groups is 2. The van der Waals surface area contributed by atoms with Gasteiger partial charge in [-0.1, -0.05) is 271 Å². The Morgan fingerprint density at radius 2 is 0.566 bits per heavy atom. The minimum absolute atomic E-state index is 0.144. The van der Waals surface area contributed by atoms with Gasteiger partial charge in [-0.2, -0.15) is 0 Å². The van der Waals surface area contributed by atoms with Crippen LogP contribution in [0.15, 0.2) is 0 Å². The number of Topliss-reactive ketones (excluding diaryl/α,β-unsaturated/α-hetero) is 1. The van der Waals surface area contributed by atoms with E-state index in [1.165, 1.54) is 225 Å². The fourth-order valence-electron chi connectivity index (χ4n) is 8.01. The molecule has 3 nitrogen and oxygen atoms in total. The number of ketones is 1. The Balaban J connectivity index is 4.05. The molecular formula is C50H98O3. The molecule has 0 saturated heterocycles. The van der Waals surface area contributed by atoms with Crippen molar-refractivity contribution >= 4 is 11.8 Å². The second kappa shape index (κ2) is 45.5. The van der Waals surface area contributed by atoms with Gasteiger partial charge in [0.05, 0.1) is 6.61 Å². The molecule has 0 radical (unpaired) electrons. The van der Waals surface area contributed by atoms with Crippen LogP contribution in [0.2, 0.25) is 0 Å². The van der Waals surface area contributed by atoms with Crippen molar-refractivity contribution < 1.29 is 14.3 Å². The smallest absolute Gasteiger partial charge is 0.316 e. The molecule has 0 rings (SSSR count). The predicted octanol–water partition coefficient (Wildman–Crippen LogP) is 17.5. The molecule has 0 amide bonds. The molecule has 1 unspecified atom stereocenters. The second-order valence-corrected chi connectivity index (χ2v) is 17.2. The molecule has 0 aliphatic heterocycles. The van der Waals surface area contributed by atoms with Gasteiger partial charge in [-0.25, -0.2) is 0 Å². The van der Waals surface area contributed by atoms with Crippen molar-refractivity contribution in [3.05, 3.63) is 0 Å². The van der Waals surface area contributed by atoms with Crippen molar-refractivity contribution in [2.75, 3.05) is 6.61 Å². The first kappa shape index (κ1) is 52.1. The van der Waals surface area contributed by atoms with Gasteiger partial charge in [0.25, 0.3) is 0 Å². The van der Waals surface area contributed by atoms with Crippen LogP contribution in [0.25, 0.3) is 0 Å². The SMILES string of the molecule is CCCCCCCCCCCCCCCCCCCC(=O)C(CCCCCCCCCC)C(=O)OCCCCCCCCCCCCCCCCCC. The van der Waals surface area contributed by atoms with E-state index in [1.807, 2.05) is 0 Å². The Hall–Kier alpha value is -0.860. The number of carbonyl (C=O) groups excluding carboxylic acids is 2. The molecule has 316 valence electrons. The van der Waals surface area contributed by atoms with E-state index in [4.69, 9.17) is 4.74 Å². The summed E-state index contributed by atoms with van der Waals surface area (Å²) in [5.74, 6) is -0.617. The van der Waals surface area contributed by atoms with E-state index in [1.54, 1.807) is 0 Å². The van der Waals surface area contributed by atoms with Gasteiger partial charge in [0.1, 0.15) is 11.7 Å². The van der Waals surface area contributed by atoms with Crippen LogP contribution in [-0.2, 0) is 14.3 Å². The highest BCUT2D eigenvalue weighted by atomic mass is 16.5. The summed E-state index contributed by atoms with van der Waals surface area (Å²) in [7, 11) is 0. The van der Waals surface area contributed by atoms with Crippen molar-refractivity contribution in [2.45, 2.75) is 297 Å². The third-order valence-electron chi connectivity index (χ3n) is 11.8. The van der Waals surface area contributed by atoms with Gasteiger partial charge in [-0.15, -0.1) is 0 Å². The fraction of sp³-hybridized carbons (Fsp3) is 0.960. The lowest BCUT2D eigenvalue weighted by Gasteiger charge is -2.15. The molecule has 0 aliphatic rings. The zero-order valence-electron chi connectivity index (χ0n) is 36.9. The highest BCUT2D eigenvalue weighted by Crippen LogP contribution is 2.20. The summed E-state index contributed by atoms with van der Waals surface area (Å²) in [6, 6.07) is 0. The largest absolute Gasteiger partial charge is 0.465 e. The molecule has 0 bridgehead atoms. The van der Waals surface area contributed by atoms with Crippen molar-refractivity contribution in [1.82, 2.24) is 0 Å². The summed E-state index contributed by atoms with van der Waals surface area (Å²) in [5, 5.41) is 0. The summed E-state index contributed by atoms with van der Waals surface area (Å²) in [4.78, 5) is 26.4. The maximum atomic E-state index is 13.3. The minimum Gasteiger partial charge on any atom is -0.465 e. The molecule has 0 spiro atoms. The summed E-state index contributed by atoms with van der Waals surface area (Å²) < 4.78 is 5.74. The molecule has 0 fully saturated rings. The molecule has 3 heteroatoms. The van der Waals surface area contributed by atoms with E-state index >= 15 is 0 Å². The summed E-state index contributed by atoms with van der Waals surface area (Å²) in [6.07, 6.45) is 55.3. The van der Waals surface area contributed by atoms with Crippen LogP contribution in [0.5, 0.6) is 0 Å². The lowest BCUT2D eigenvalue weighted by Crippen LogP contribution is -2.26. The van der Waals surface area contributed by atoms with Crippen molar-refractivity contribution in [3.8, 4) is 0 Å². The average molecular weight is 747 g/mol. The van der Waals surface area contributed by atoms with Crippen LogP contribution in [0.1, 0.15) is 297 Å². The van der Waals surface area contributed by atoms with E-state index < -0.39 is 5.92 Å². The first-order valence-corrected chi connectivity index (χ1v) is 24.9. The number of unbranched alkanes of at least 4 members (excludes halogenated alkanes) is 38. The maximum absolute atomic E-state index is 13.3. The van der Waals surface area contributed by atoms with Gasteiger partial charge in [0.15, 0.2) is 0 Å². The monoisotopic (exact) mass is 747 g/mol. The normalized spacial score (nSPS) is 12.1. The van der Waals surface area contributed by atoms with Crippen LogP contribution in [0, 0.1) is 5.92 Å². The molecule has 0 heterocycles. The Bertz CT molecular complexity index is 667. The van der Waals surface area contributed by atoms with Gasteiger partial charge in [-0.05, 0) is 19.3 Å². The average Bonchev–Trinajstić information content (AvgIpc) is 3.16. The van der Waals surface area contributed by atoms with E-state index in [0.29, 0.717) is 19.4 Å². The quantitative estimate of drug-likeness (QED) is 0.0354. The van der Waals surface area contributed by atoms with E-state index in [0.717, 1.165) is 38.5 Å². The zero-order valence-corrected chi connectivity index (χ0v) is 36.9. The summed E-state index contributed by atoms with van der Waals surface area (Å²) >= 11 is 0. The maximum Gasteiger partial charge on any atom is 0.316 e. The molecule has 1 atom stereocenters. The molecule has 0 N–H and O–H groups in total. The minimum atomic E-state index is -0.530. The van der Waals surface area contributed by atoms with Crippen LogP contribution in [-0.4, -0.2) is 18.4 Å². The lowest BCUT2D eigenvalue weighted by molar-refractivity contribution is -0.152. The van der Waals surface area contributed by atoms with Crippen LogP contribution < -0.4 is 0 Å². The number of hydrogen-bond donors (Lipinski definition) is 0. The fourth-order valence-corrected chi connectivity index (χ4v) is 8.01. The van der Waals surface area contributed by atoms with Gasteiger partial charge >= 0.3 is 5.97 Å². The first-order chi connectivity index (χ1) is 26.2. The molecule has 0 aromatic carbocycles. The van der Waals surface area contributed by atoms with Crippen LogP contribution in [0.3, 0.4) is 0 Å². The summed E-state index contributed by atoms with van der Waals surface area (Å²) in [5.41, 5.74) is 0. The molecule has 0 saturated carbocycles. The topological polar surface area (TPSA) is 43.4 Å². The molecular weight excluding hydrogens is 649 g/mol. The molecule has 0 aliphatic carbocycles. The second-order valence-electron chi connectivity index (χ2n) is 17.2. The highest BCUT2D eigenvalue weighted by molar-refractivity contribution is 5.98.